The Bertz CT molecular complexity index is 1410. The number of carbonyl (C=O) groups excluding carboxylic acids is 3. The Hall–Kier alpha value is -3.92. The van der Waals surface area contributed by atoms with Gasteiger partial charge in [-0.2, -0.15) is 13.2 Å². The van der Waals surface area contributed by atoms with Crippen LogP contribution < -0.4 is 5.32 Å². The lowest BCUT2D eigenvalue weighted by molar-refractivity contribution is -0.137. The number of alkyl halides is 3. The Morgan fingerprint density at radius 3 is 1.82 bits per heavy atom. The maximum absolute atomic E-state index is 13.2. The second-order valence-electron chi connectivity index (χ2n) is 10.5. The molecule has 1 aromatic heterocycles. The smallest absolute Gasteiger partial charge is 0.335 e. The SMILES string of the molecule is CC(C)(C)C(=O)Nc1ccc(-c2ccc(C(=O)N3CCN(C(=O)c4ccc(Cl)c(C(F)(F)F)c4)CC3)cc2)cn1. The number of anilines is 1. The first kappa shape index (κ1) is 29.1. The summed E-state index contributed by atoms with van der Waals surface area (Å²) in [4.78, 5) is 45.3. The Morgan fingerprint density at radius 1 is 0.800 bits per heavy atom. The van der Waals surface area contributed by atoms with Crippen LogP contribution in [-0.2, 0) is 11.0 Å². The quantitative estimate of drug-likeness (QED) is 0.415. The lowest BCUT2D eigenvalue weighted by Crippen LogP contribution is -2.50. The predicted molar refractivity (Wildman–Crippen MR) is 146 cm³/mol. The number of carbonyl (C=O) groups is 3. The van der Waals surface area contributed by atoms with Crippen LogP contribution in [0.1, 0.15) is 47.1 Å². The minimum atomic E-state index is -4.67. The number of aromatic nitrogens is 1. The summed E-state index contributed by atoms with van der Waals surface area (Å²) in [7, 11) is 0. The van der Waals surface area contributed by atoms with E-state index in [0.717, 1.165) is 23.3 Å². The fourth-order valence-electron chi connectivity index (χ4n) is 4.10. The summed E-state index contributed by atoms with van der Waals surface area (Å²) in [6.07, 6.45) is -3.03. The molecule has 0 spiro atoms. The Balaban J connectivity index is 1.35. The fraction of sp³-hybridized carbons (Fsp3) is 0.310. The molecule has 2 heterocycles. The normalized spacial score (nSPS) is 14.2. The number of rotatable bonds is 4. The number of nitrogens with zero attached hydrogens (tertiary/aromatic N) is 3. The number of hydrogen-bond donors (Lipinski definition) is 1. The summed E-state index contributed by atoms with van der Waals surface area (Å²) in [5.74, 6) is -0.439. The third-order valence-electron chi connectivity index (χ3n) is 6.52. The third kappa shape index (κ3) is 6.62. The molecular weight excluding hydrogens is 545 g/mol. The molecule has 7 nitrogen and oxygen atoms in total. The molecular formula is C29H28ClF3N4O3. The number of piperazine rings is 1. The minimum absolute atomic E-state index is 0.105. The zero-order valence-corrected chi connectivity index (χ0v) is 22.9. The van der Waals surface area contributed by atoms with Crippen LogP contribution in [0.4, 0.5) is 19.0 Å². The molecule has 1 aliphatic rings. The summed E-state index contributed by atoms with van der Waals surface area (Å²) in [5, 5.41) is 2.31. The van der Waals surface area contributed by atoms with E-state index in [4.69, 9.17) is 11.6 Å². The van der Waals surface area contributed by atoms with Crippen LogP contribution in [0.5, 0.6) is 0 Å². The number of nitrogens with one attached hydrogen (secondary N) is 1. The van der Waals surface area contributed by atoms with E-state index < -0.39 is 28.1 Å². The van der Waals surface area contributed by atoms with Gasteiger partial charge < -0.3 is 15.1 Å². The van der Waals surface area contributed by atoms with Gasteiger partial charge in [-0.1, -0.05) is 44.5 Å². The number of halogens is 4. The van der Waals surface area contributed by atoms with Crippen molar-refractivity contribution in [2.24, 2.45) is 5.41 Å². The highest BCUT2D eigenvalue weighted by Gasteiger charge is 2.34. The average Bonchev–Trinajstić information content (AvgIpc) is 2.92. The first-order valence-corrected chi connectivity index (χ1v) is 12.9. The Morgan fingerprint density at radius 2 is 1.32 bits per heavy atom. The van der Waals surface area contributed by atoms with E-state index in [1.54, 1.807) is 41.4 Å². The van der Waals surface area contributed by atoms with Gasteiger partial charge in [0.05, 0.1) is 10.6 Å². The van der Waals surface area contributed by atoms with Crippen molar-refractivity contribution in [3.63, 3.8) is 0 Å². The van der Waals surface area contributed by atoms with Gasteiger partial charge in [0, 0.05) is 54.5 Å². The van der Waals surface area contributed by atoms with Gasteiger partial charge in [-0.15, -0.1) is 0 Å². The zero-order chi connectivity index (χ0) is 29.2. The van der Waals surface area contributed by atoms with Gasteiger partial charge in [-0.05, 0) is 48.0 Å². The zero-order valence-electron chi connectivity index (χ0n) is 22.2. The predicted octanol–water partition coefficient (Wildman–Crippen LogP) is 6.00. The van der Waals surface area contributed by atoms with E-state index in [9.17, 15) is 27.6 Å². The van der Waals surface area contributed by atoms with Gasteiger partial charge in [-0.3, -0.25) is 14.4 Å². The summed E-state index contributed by atoms with van der Waals surface area (Å²) < 4.78 is 39.5. The molecule has 11 heteroatoms. The maximum Gasteiger partial charge on any atom is 0.417 e. The van der Waals surface area contributed by atoms with Gasteiger partial charge in [0.25, 0.3) is 11.8 Å². The van der Waals surface area contributed by atoms with Gasteiger partial charge in [0.1, 0.15) is 5.82 Å². The molecule has 0 saturated carbocycles. The van der Waals surface area contributed by atoms with E-state index in [2.05, 4.69) is 10.3 Å². The highest BCUT2D eigenvalue weighted by atomic mass is 35.5. The van der Waals surface area contributed by atoms with Crippen LogP contribution in [0.2, 0.25) is 5.02 Å². The summed E-state index contributed by atoms with van der Waals surface area (Å²) in [6, 6.07) is 13.7. The van der Waals surface area contributed by atoms with E-state index in [1.165, 1.54) is 11.0 Å². The van der Waals surface area contributed by atoms with Crippen molar-refractivity contribution in [1.82, 2.24) is 14.8 Å². The van der Waals surface area contributed by atoms with Crippen molar-refractivity contribution < 1.29 is 27.6 Å². The van der Waals surface area contributed by atoms with E-state index >= 15 is 0 Å². The largest absolute Gasteiger partial charge is 0.417 e. The molecule has 3 amide bonds. The molecule has 0 radical (unpaired) electrons. The fourth-order valence-corrected chi connectivity index (χ4v) is 4.33. The summed E-state index contributed by atoms with van der Waals surface area (Å²) >= 11 is 5.66. The first-order chi connectivity index (χ1) is 18.7. The average molecular weight is 573 g/mol. The summed E-state index contributed by atoms with van der Waals surface area (Å²) in [5.41, 5.74) is 0.424. The Labute approximate surface area is 234 Å². The van der Waals surface area contributed by atoms with Crippen LogP contribution in [0, 0.1) is 5.41 Å². The molecule has 4 rings (SSSR count). The summed E-state index contributed by atoms with van der Waals surface area (Å²) in [6.45, 7) is 6.32. The van der Waals surface area contributed by atoms with Gasteiger partial charge >= 0.3 is 6.18 Å². The lowest BCUT2D eigenvalue weighted by Gasteiger charge is -2.35. The first-order valence-electron chi connectivity index (χ1n) is 12.6. The molecule has 0 atom stereocenters. The van der Waals surface area contributed by atoms with Gasteiger partial charge in [0.15, 0.2) is 0 Å². The number of amides is 3. The maximum atomic E-state index is 13.2. The van der Waals surface area contributed by atoms with Crippen LogP contribution in [-0.4, -0.2) is 58.7 Å². The van der Waals surface area contributed by atoms with Gasteiger partial charge in [0.2, 0.25) is 5.91 Å². The molecule has 3 aromatic rings. The van der Waals surface area contributed by atoms with Crippen molar-refractivity contribution in [3.05, 3.63) is 82.5 Å². The number of pyridine rings is 1. The lowest BCUT2D eigenvalue weighted by atomic mass is 9.96. The molecule has 1 saturated heterocycles. The van der Waals surface area contributed by atoms with Crippen LogP contribution in [0.15, 0.2) is 60.8 Å². The minimum Gasteiger partial charge on any atom is -0.335 e. The number of benzene rings is 2. The van der Waals surface area contributed by atoms with E-state index in [-0.39, 0.29) is 43.6 Å². The molecule has 0 bridgehead atoms. The highest BCUT2D eigenvalue weighted by Crippen LogP contribution is 2.35. The van der Waals surface area contributed by atoms with Crippen molar-refractivity contribution in [1.29, 1.82) is 0 Å². The van der Waals surface area contributed by atoms with E-state index in [0.29, 0.717) is 11.4 Å². The molecule has 40 heavy (non-hydrogen) atoms. The molecule has 1 fully saturated rings. The monoisotopic (exact) mass is 572 g/mol. The van der Waals surface area contributed by atoms with Crippen LogP contribution in [0.3, 0.4) is 0 Å². The second-order valence-corrected chi connectivity index (χ2v) is 10.9. The number of hydrogen-bond acceptors (Lipinski definition) is 4. The van der Waals surface area contributed by atoms with Crippen LogP contribution >= 0.6 is 11.6 Å². The van der Waals surface area contributed by atoms with Crippen molar-refractivity contribution in [2.45, 2.75) is 26.9 Å². The Kier molecular flexibility index (Phi) is 8.20. The van der Waals surface area contributed by atoms with Crippen molar-refractivity contribution in [3.8, 4) is 11.1 Å². The molecule has 1 N–H and O–H groups in total. The molecule has 0 unspecified atom stereocenters. The van der Waals surface area contributed by atoms with Crippen LogP contribution in [0.25, 0.3) is 11.1 Å². The molecule has 0 aliphatic carbocycles. The topological polar surface area (TPSA) is 82.6 Å². The highest BCUT2D eigenvalue weighted by molar-refractivity contribution is 6.31. The van der Waals surface area contributed by atoms with Gasteiger partial charge in [-0.25, -0.2) is 4.98 Å². The van der Waals surface area contributed by atoms with Crippen molar-refractivity contribution >= 4 is 35.1 Å². The second kappa shape index (κ2) is 11.3. The van der Waals surface area contributed by atoms with Crippen molar-refractivity contribution in [2.75, 3.05) is 31.5 Å². The third-order valence-corrected chi connectivity index (χ3v) is 6.85. The molecule has 210 valence electrons. The molecule has 2 aromatic carbocycles. The standard InChI is InChI=1S/C29H28ClF3N4O3/c1-28(2,3)27(40)35-24-11-9-21(17-34-24)18-4-6-19(7-5-18)25(38)36-12-14-37(15-13-36)26(39)20-8-10-23(30)22(16-20)29(31,32)33/h4-11,16-17H,12-15H2,1-3H3,(H,34,35,40). The van der Waals surface area contributed by atoms with E-state index in [1.807, 2.05) is 26.8 Å². The molecule has 1 aliphatic heterocycles.